The molecule has 0 aromatic carbocycles. The Kier molecular flexibility index (Phi) is 5.58. The van der Waals surface area contributed by atoms with Crippen LogP contribution in [0, 0.1) is 0 Å². The van der Waals surface area contributed by atoms with Gasteiger partial charge in [0.05, 0.1) is 0 Å². The van der Waals surface area contributed by atoms with Crippen molar-refractivity contribution >= 4 is 28.2 Å². The average molecular weight is 375 g/mol. The molecule has 2 aromatic rings. The minimum atomic E-state index is -0.122. The molecule has 26 heavy (non-hydrogen) atoms. The van der Waals surface area contributed by atoms with Gasteiger partial charge in [-0.1, -0.05) is 0 Å². The van der Waals surface area contributed by atoms with Crippen LogP contribution in [-0.4, -0.2) is 50.2 Å². The lowest BCUT2D eigenvalue weighted by molar-refractivity contribution is -0.114. The van der Waals surface area contributed by atoms with Crippen molar-refractivity contribution in [2.24, 2.45) is 0 Å². The smallest absolute Gasteiger partial charge is 0.223 e. The van der Waals surface area contributed by atoms with Crippen LogP contribution >= 0.6 is 11.3 Å². The molecule has 3 heterocycles. The topological polar surface area (TPSA) is 97.3 Å². The molecule has 0 saturated carbocycles. The van der Waals surface area contributed by atoms with E-state index in [1.807, 2.05) is 0 Å². The maximum atomic E-state index is 11.4. The van der Waals surface area contributed by atoms with Crippen LogP contribution in [0.25, 0.3) is 0 Å². The van der Waals surface area contributed by atoms with Gasteiger partial charge in [0.15, 0.2) is 10.9 Å². The van der Waals surface area contributed by atoms with E-state index >= 15 is 0 Å². The van der Waals surface area contributed by atoms with Crippen molar-refractivity contribution < 1.29 is 14.3 Å². The molecule has 2 aromatic heterocycles. The van der Waals surface area contributed by atoms with E-state index in [1.165, 1.54) is 31.5 Å². The van der Waals surface area contributed by atoms with Gasteiger partial charge >= 0.3 is 0 Å². The second kappa shape index (κ2) is 7.88. The Morgan fingerprint density at radius 1 is 1.35 bits per heavy atom. The standard InChI is InChI=1S/C17H21N5O3S/c1-10-4-13(25-16-5-15(11(2)23)19-9-20-16)7-22(10)8-14-6-18-17(26-14)21-12(3)24/h5-6,9-10,13H,4,7-8H2,1-3H3,(H,18,21,24)/t10-,13+/m0/s1. The minimum absolute atomic E-state index is 0.00226. The van der Waals surface area contributed by atoms with E-state index < -0.39 is 0 Å². The van der Waals surface area contributed by atoms with Crippen LogP contribution < -0.4 is 10.1 Å². The molecule has 0 radical (unpaired) electrons. The van der Waals surface area contributed by atoms with Crippen LogP contribution in [0.1, 0.15) is 42.6 Å². The number of hydrogen-bond donors (Lipinski definition) is 1. The van der Waals surface area contributed by atoms with Crippen LogP contribution in [0.5, 0.6) is 5.88 Å². The Morgan fingerprint density at radius 2 is 2.15 bits per heavy atom. The zero-order chi connectivity index (χ0) is 18.7. The molecular formula is C17H21N5O3S. The first-order valence-electron chi connectivity index (χ1n) is 8.36. The molecule has 1 aliphatic rings. The largest absolute Gasteiger partial charge is 0.473 e. The van der Waals surface area contributed by atoms with Crippen molar-refractivity contribution in [3.05, 3.63) is 29.2 Å². The number of rotatable bonds is 6. The third kappa shape index (κ3) is 4.61. The maximum absolute atomic E-state index is 11.4. The van der Waals surface area contributed by atoms with Gasteiger partial charge in [-0.3, -0.25) is 14.5 Å². The third-order valence-corrected chi connectivity index (χ3v) is 5.05. The van der Waals surface area contributed by atoms with E-state index in [2.05, 4.69) is 32.1 Å². The Bertz CT molecular complexity index is 809. The van der Waals surface area contributed by atoms with Gasteiger partial charge in [-0.2, -0.15) is 0 Å². The molecule has 1 saturated heterocycles. The first-order valence-corrected chi connectivity index (χ1v) is 9.18. The molecule has 1 N–H and O–H groups in total. The van der Waals surface area contributed by atoms with Crippen LogP contribution in [-0.2, 0) is 11.3 Å². The molecule has 1 amide bonds. The van der Waals surface area contributed by atoms with E-state index in [0.29, 0.717) is 22.7 Å². The number of carbonyl (C=O) groups is 2. The molecule has 0 bridgehead atoms. The summed E-state index contributed by atoms with van der Waals surface area (Å²) >= 11 is 1.48. The number of nitrogens with one attached hydrogen (secondary N) is 1. The van der Waals surface area contributed by atoms with E-state index in [-0.39, 0.29) is 17.8 Å². The zero-order valence-electron chi connectivity index (χ0n) is 14.9. The summed E-state index contributed by atoms with van der Waals surface area (Å²) in [5.41, 5.74) is 0.355. The average Bonchev–Trinajstić information content (AvgIpc) is 3.14. The van der Waals surface area contributed by atoms with Crippen LogP contribution in [0.2, 0.25) is 0 Å². The summed E-state index contributed by atoms with van der Waals surface area (Å²) < 4.78 is 5.95. The van der Waals surface area contributed by atoms with Gasteiger partial charge in [0.2, 0.25) is 11.8 Å². The quantitative estimate of drug-likeness (QED) is 0.773. The normalized spacial score (nSPS) is 20.1. The molecule has 0 unspecified atom stereocenters. The van der Waals surface area contributed by atoms with Gasteiger partial charge in [0.25, 0.3) is 0 Å². The fourth-order valence-corrected chi connectivity index (χ4v) is 3.79. The van der Waals surface area contributed by atoms with Gasteiger partial charge in [-0.15, -0.1) is 11.3 Å². The van der Waals surface area contributed by atoms with Crippen LogP contribution in [0.3, 0.4) is 0 Å². The predicted octanol–water partition coefficient (Wildman–Crippen LogP) is 2.14. The molecule has 0 aliphatic carbocycles. The lowest BCUT2D eigenvalue weighted by Gasteiger charge is -2.19. The molecule has 138 valence electrons. The molecule has 2 atom stereocenters. The van der Waals surface area contributed by atoms with Crippen LogP contribution in [0.4, 0.5) is 5.13 Å². The highest BCUT2D eigenvalue weighted by atomic mass is 32.1. The fourth-order valence-electron chi connectivity index (χ4n) is 2.91. The number of Topliss-reactive ketones (excluding diaryl/α,β-unsaturated/α-hetero) is 1. The van der Waals surface area contributed by atoms with Gasteiger partial charge in [-0.25, -0.2) is 15.0 Å². The number of hydrogen-bond acceptors (Lipinski definition) is 8. The molecule has 1 fully saturated rings. The summed E-state index contributed by atoms with van der Waals surface area (Å²) in [6.07, 6.45) is 4.02. The van der Waals surface area contributed by atoms with E-state index in [0.717, 1.165) is 24.4 Å². The molecule has 1 aliphatic heterocycles. The molecule has 8 nitrogen and oxygen atoms in total. The van der Waals surface area contributed by atoms with E-state index in [4.69, 9.17) is 4.74 Å². The first-order chi connectivity index (χ1) is 12.4. The lowest BCUT2D eigenvalue weighted by atomic mass is 10.2. The second-order valence-electron chi connectivity index (χ2n) is 6.36. The van der Waals surface area contributed by atoms with Crippen LogP contribution in [0.15, 0.2) is 18.6 Å². The fraction of sp³-hybridized carbons (Fsp3) is 0.471. The Morgan fingerprint density at radius 3 is 2.88 bits per heavy atom. The summed E-state index contributed by atoms with van der Waals surface area (Å²) in [4.78, 5) is 38.2. The van der Waals surface area contributed by atoms with Crippen molar-refractivity contribution in [2.45, 2.75) is 45.9 Å². The highest BCUT2D eigenvalue weighted by Crippen LogP contribution is 2.26. The Balaban J connectivity index is 1.59. The number of ketones is 1. The maximum Gasteiger partial charge on any atom is 0.223 e. The summed E-state index contributed by atoms with van der Waals surface area (Å²) in [6.45, 7) is 6.60. The SMILES string of the molecule is CC(=O)Nc1ncc(CN2C[C@H](Oc3cc(C(C)=O)ncn3)C[C@@H]2C)s1. The number of ether oxygens (including phenoxy) is 1. The van der Waals surface area contributed by atoms with Crippen molar-refractivity contribution in [2.75, 3.05) is 11.9 Å². The number of aromatic nitrogens is 3. The Labute approximate surface area is 155 Å². The lowest BCUT2D eigenvalue weighted by Crippen LogP contribution is -2.27. The highest BCUT2D eigenvalue weighted by Gasteiger charge is 2.31. The predicted molar refractivity (Wildman–Crippen MR) is 97.4 cm³/mol. The molecular weight excluding hydrogens is 354 g/mol. The van der Waals surface area contributed by atoms with Gasteiger partial charge in [0, 0.05) is 56.5 Å². The number of likely N-dealkylation sites (tertiary alicyclic amines) is 1. The number of thiazole rings is 1. The van der Waals surface area contributed by atoms with Crippen molar-refractivity contribution in [1.82, 2.24) is 19.9 Å². The number of amides is 1. The van der Waals surface area contributed by atoms with Crippen molar-refractivity contribution in [3.63, 3.8) is 0 Å². The summed E-state index contributed by atoms with van der Waals surface area (Å²) in [5, 5.41) is 3.32. The minimum Gasteiger partial charge on any atom is -0.473 e. The number of carbonyl (C=O) groups excluding carboxylic acids is 2. The third-order valence-electron chi connectivity index (χ3n) is 4.15. The number of anilines is 1. The van der Waals surface area contributed by atoms with Gasteiger partial charge in [-0.05, 0) is 6.92 Å². The highest BCUT2D eigenvalue weighted by molar-refractivity contribution is 7.15. The summed E-state index contributed by atoms with van der Waals surface area (Å²) in [7, 11) is 0. The van der Waals surface area contributed by atoms with Gasteiger partial charge < -0.3 is 10.1 Å². The first kappa shape index (κ1) is 18.4. The monoisotopic (exact) mass is 375 g/mol. The Hall–Kier alpha value is -2.39. The van der Waals surface area contributed by atoms with Crippen molar-refractivity contribution in [3.8, 4) is 5.88 Å². The zero-order valence-corrected chi connectivity index (χ0v) is 15.7. The molecule has 9 heteroatoms. The van der Waals surface area contributed by atoms with E-state index in [9.17, 15) is 9.59 Å². The van der Waals surface area contributed by atoms with E-state index in [1.54, 1.807) is 12.3 Å². The van der Waals surface area contributed by atoms with Gasteiger partial charge in [0.1, 0.15) is 18.1 Å². The summed E-state index contributed by atoms with van der Waals surface area (Å²) in [6, 6.07) is 1.93. The van der Waals surface area contributed by atoms with Crippen molar-refractivity contribution in [1.29, 1.82) is 0 Å². The second-order valence-corrected chi connectivity index (χ2v) is 7.48. The molecule has 3 rings (SSSR count). The number of nitrogens with zero attached hydrogens (tertiary/aromatic N) is 4. The summed E-state index contributed by atoms with van der Waals surface area (Å²) in [5.74, 6) is 0.192. The molecule has 0 spiro atoms.